The minimum Gasteiger partial charge on any atom is -0.391 e. The number of aliphatic hydroxyl groups excluding tert-OH is 1. The van der Waals surface area contributed by atoms with Crippen molar-refractivity contribution in [2.45, 2.75) is 96.7 Å². The number of benzene rings is 1. The molecule has 0 unspecified atom stereocenters. The van der Waals surface area contributed by atoms with E-state index in [9.17, 15) is 19.5 Å². The van der Waals surface area contributed by atoms with Gasteiger partial charge in [-0.25, -0.2) is 4.98 Å². The first-order valence-electron chi connectivity index (χ1n) is 15.4. The van der Waals surface area contributed by atoms with Crippen LogP contribution in [0.15, 0.2) is 41.2 Å². The molecular formula is C33H50N4O4S. The highest BCUT2D eigenvalue weighted by atomic mass is 32.1. The van der Waals surface area contributed by atoms with Crippen LogP contribution in [0.3, 0.4) is 0 Å². The number of aromatic nitrogens is 1. The van der Waals surface area contributed by atoms with Crippen molar-refractivity contribution in [1.29, 1.82) is 0 Å². The fraction of sp³-hybridized carbons (Fsp3) is 0.636. The summed E-state index contributed by atoms with van der Waals surface area (Å²) in [6.07, 6.45) is 6.32. The van der Waals surface area contributed by atoms with Crippen molar-refractivity contribution in [3.05, 3.63) is 52.5 Å². The Morgan fingerprint density at radius 1 is 1.07 bits per heavy atom. The Morgan fingerprint density at radius 3 is 2.36 bits per heavy atom. The van der Waals surface area contributed by atoms with Gasteiger partial charge in [-0.05, 0) is 37.2 Å². The number of rotatable bonds is 15. The summed E-state index contributed by atoms with van der Waals surface area (Å²) >= 11 is 1.45. The van der Waals surface area contributed by atoms with Crippen LogP contribution in [0, 0.1) is 17.8 Å². The number of carbonyl (C=O) groups excluding carboxylic acids is 3. The van der Waals surface area contributed by atoms with Gasteiger partial charge in [0.25, 0.3) is 0 Å². The van der Waals surface area contributed by atoms with Crippen molar-refractivity contribution >= 4 is 29.1 Å². The Hall–Kier alpha value is -2.78. The molecule has 3 amide bonds. The van der Waals surface area contributed by atoms with Crippen LogP contribution < -0.4 is 5.32 Å². The average molecular weight is 599 g/mol. The summed E-state index contributed by atoms with van der Waals surface area (Å²) in [6, 6.07) is 9.00. The second kappa shape index (κ2) is 16.8. The topological polar surface area (TPSA) is 103 Å². The van der Waals surface area contributed by atoms with Crippen molar-refractivity contribution in [3.8, 4) is 0 Å². The maximum absolute atomic E-state index is 14.5. The maximum Gasteiger partial charge on any atom is 0.241 e. The zero-order valence-corrected chi connectivity index (χ0v) is 26.8. The smallest absolute Gasteiger partial charge is 0.241 e. The highest BCUT2D eigenvalue weighted by molar-refractivity contribution is 7.07. The van der Waals surface area contributed by atoms with Gasteiger partial charge < -0.3 is 20.2 Å². The van der Waals surface area contributed by atoms with Crippen molar-refractivity contribution < 1.29 is 19.5 Å². The van der Waals surface area contributed by atoms with Crippen LogP contribution in [0.1, 0.15) is 89.4 Å². The predicted octanol–water partition coefficient (Wildman–Crippen LogP) is 5.23. The number of hydrogen-bond acceptors (Lipinski definition) is 6. The molecule has 1 heterocycles. The molecule has 0 aliphatic heterocycles. The minimum absolute atomic E-state index is 0.0311. The summed E-state index contributed by atoms with van der Waals surface area (Å²) in [5, 5.41) is 16.5. The average Bonchev–Trinajstić information content (AvgIpc) is 3.47. The molecule has 1 aromatic heterocycles. The molecule has 8 nitrogen and oxygen atoms in total. The molecule has 1 aliphatic carbocycles. The molecule has 42 heavy (non-hydrogen) atoms. The lowest BCUT2D eigenvalue weighted by Crippen LogP contribution is -2.54. The minimum atomic E-state index is -0.766. The van der Waals surface area contributed by atoms with Crippen LogP contribution in [0.2, 0.25) is 0 Å². The summed E-state index contributed by atoms with van der Waals surface area (Å²) in [7, 11) is 3.35. The first-order valence-corrected chi connectivity index (χ1v) is 16.4. The van der Waals surface area contributed by atoms with Gasteiger partial charge in [0.15, 0.2) is 0 Å². The van der Waals surface area contributed by atoms with Gasteiger partial charge in [0, 0.05) is 32.3 Å². The van der Waals surface area contributed by atoms with Gasteiger partial charge in [0.1, 0.15) is 6.54 Å². The third-order valence-corrected chi connectivity index (χ3v) is 8.98. The molecule has 2 N–H and O–H groups in total. The van der Waals surface area contributed by atoms with Gasteiger partial charge in [0.2, 0.25) is 17.7 Å². The number of thiazole rings is 1. The Labute approximate surface area is 255 Å². The van der Waals surface area contributed by atoms with E-state index in [4.69, 9.17) is 0 Å². The van der Waals surface area contributed by atoms with E-state index in [1.54, 1.807) is 24.5 Å². The van der Waals surface area contributed by atoms with Crippen LogP contribution in [0.25, 0.3) is 0 Å². The van der Waals surface area contributed by atoms with Crippen LogP contribution in [-0.2, 0) is 20.8 Å². The molecule has 0 saturated heterocycles. The Kier molecular flexibility index (Phi) is 13.4. The molecule has 1 saturated carbocycles. The standard InChI is InChI=1S/C33H50N4O4S/c1-23(2)16-30(38)29(17-25-12-8-6-9-13-25)37(20-32(40)36(4)5)33(41)27(18-28-21-42-22-34-28)19-31(39)35-24(3)26-14-10-7-11-15-26/h7,10-11,14-15,21-25,27,29-30,38H,6,8-9,12-13,16-20H2,1-5H3,(H,35,39)/t24-,27+,29-,30-/m0/s1. The van der Waals surface area contributed by atoms with E-state index < -0.39 is 18.1 Å². The monoisotopic (exact) mass is 598 g/mol. The van der Waals surface area contributed by atoms with Crippen molar-refractivity contribution in [2.24, 2.45) is 17.8 Å². The van der Waals surface area contributed by atoms with Crippen LogP contribution >= 0.6 is 11.3 Å². The third kappa shape index (κ3) is 10.5. The van der Waals surface area contributed by atoms with E-state index in [2.05, 4.69) is 24.1 Å². The first-order chi connectivity index (χ1) is 20.0. The zero-order chi connectivity index (χ0) is 30.6. The number of amides is 3. The highest BCUT2D eigenvalue weighted by Gasteiger charge is 2.38. The number of nitrogens with one attached hydrogen (secondary N) is 1. The van der Waals surface area contributed by atoms with Gasteiger partial charge in [-0.2, -0.15) is 0 Å². The number of hydrogen-bond donors (Lipinski definition) is 2. The number of aliphatic hydroxyl groups is 1. The zero-order valence-electron chi connectivity index (χ0n) is 26.0. The summed E-state index contributed by atoms with van der Waals surface area (Å²) in [4.78, 5) is 48.5. The Morgan fingerprint density at radius 2 is 1.76 bits per heavy atom. The summed E-state index contributed by atoms with van der Waals surface area (Å²) in [5.41, 5.74) is 3.45. The first kappa shape index (κ1) is 33.7. The lowest BCUT2D eigenvalue weighted by molar-refractivity contribution is -0.149. The van der Waals surface area contributed by atoms with Crippen molar-refractivity contribution in [2.75, 3.05) is 20.6 Å². The summed E-state index contributed by atoms with van der Waals surface area (Å²) in [6.45, 7) is 5.91. The largest absolute Gasteiger partial charge is 0.391 e. The SMILES string of the molecule is CC(C)C[C@H](O)[C@H](CC1CCCCC1)N(CC(=O)N(C)C)C(=O)[C@@H](CC(=O)N[C@@H](C)c1ccccc1)Cc1cscn1. The highest BCUT2D eigenvalue weighted by Crippen LogP contribution is 2.32. The molecule has 9 heteroatoms. The lowest BCUT2D eigenvalue weighted by Gasteiger charge is -2.40. The number of likely N-dealkylation sites (N-methyl/N-ethyl adjacent to an activating group) is 1. The van der Waals surface area contributed by atoms with Gasteiger partial charge in [-0.3, -0.25) is 14.4 Å². The molecule has 2 aromatic rings. The van der Waals surface area contributed by atoms with E-state index >= 15 is 0 Å². The second-order valence-electron chi connectivity index (χ2n) is 12.5. The number of nitrogens with zero attached hydrogens (tertiary/aromatic N) is 3. The predicted molar refractivity (Wildman–Crippen MR) is 168 cm³/mol. The van der Waals surface area contributed by atoms with E-state index in [0.717, 1.165) is 36.9 Å². The van der Waals surface area contributed by atoms with E-state index in [1.165, 1.54) is 22.7 Å². The lowest BCUT2D eigenvalue weighted by atomic mass is 9.81. The van der Waals surface area contributed by atoms with Gasteiger partial charge >= 0.3 is 0 Å². The quantitative estimate of drug-likeness (QED) is 0.292. The normalized spacial score (nSPS) is 16.8. The molecular weight excluding hydrogens is 548 g/mol. The van der Waals surface area contributed by atoms with Crippen LogP contribution in [0.5, 0.6) is 0 Å². The fourth-order valence-corrected chi connectivity index (χ4v) is 6.53. The molecule has 1 fully saturated rings. The third-order valence-electron chi connectivity index (χ3n) is 8.34. The molecule has 0 bridgehead atoms. The Bertz CT molecular complexity index is 1100. The molecule has 3 rings (SSSR count). The molecule has 0 spiro atoms. The van der Waals surface area contributed by atoms with Crippen LogP contribution in [-0.4, -0.2) is 70.4 Å². The van der Waals surface area contributed by atoms with Gasteiger partial charge in [0.05, 0.1) is 35.3 Å². The van der Waals surface area contributed by atoms with Gasteiger partial charge in [-0.1, -0.05) is 76.3 Å². The Balaban J connectivity index is 1.92. The molecule has 1 aromatic carbocycles. The molecule has 232 valence electrons. The molecule has 4 atom stereocenters. The maximum atomic E-state index is 14.5. The van der Waals surface area contributed by atoms with Gasteiger partial charge in [-0.15, -0.1) is 11.3 Å². The van der Waals surface area contributed by atoms with E-state index in [1.807, 2.05) is 42.6 Å². The van der Waals surface area contributed by atoms with E-state index in [-0.39, 0.29) is 42.6 Å². The van der Waals surface area contributed by atoms with Crippen LogP contribution in [0.4, 0.5) is 0 Å². The fourth-order valence-electron chi connectivity index (χ4n) is 5.96. The summed E-state index contributed by atoms with van der Waals surface area (Å²) < 4.78 is 0. The second-order valence-corrected chi connectivity index (χ2v) is 13.3. The van der Waals surface area contributed by atoms with Crippen molar-refractivity contribution in [1.82, 2.24) is 20.1 Å². The van der Waals surface area contributed by atoms with E-state index in [0.29, 0.717) is 25.2 Å². The van der Waals surface area contributed by atoms with Crippen molar-refractivity contribution in [3.63, 3.8) is 0 Å². The molecule has 0 radical (unpaired) electrons. The summed E-state index contributed by atoms with van der Waals surface area (Å²) in [5.74, 6) is -0.808. The molecule has 1 aliphatic rings. The number of carbonyl (C=O) groups is 3.